The molecule has 4 nitrogen and oxygen atoms in total. The summed E-state index contributed by atoms with van der Waals surface area (Å²) in [6, 6.07) is 3.30. The van der Waals surface area contributed by atoms with Gasteiger partial charge in [0.2, 0.25) is 0 Å². The minimum absolute atomic E-state index is 0.155. The molecule has 0 atom stereocenters. The molecule has 1 N–H and O–H groups in total. The number of ether oxygens (including phenoxy) is 2. The average Bonchev–Trinajstić information content (AvgIpc) is 2.69. The Labute approximate surface area is 104 Å². The van der Waals surface area contributed by atoms with E-state index in [0.29, 0.717) is 29.4 Å². The van der Waals surface area contributed by atoms with Crippen LogP contribution in [0.3, 0.4) is 0 Å². The molecule has 0 radical (unpaired) electrons. The molecule has 0 bridgehead atoms. The van der Waals surface area contributed by atoms with Gasteiger partial charge in [-0.15, -0.1) is 0 Å². The van der Waals surface area contributed by atoms with Crippen LogP contribution in [0, 0.1) is 6.92 Å². The van der Waals surface area contributed by atoms with E-state index in [4.69, 9.17) is 21.1 Å². The standard InChI is InChI=1S/C12H13ClO4/c1-7-9(13)4-3-8(10(7)11(14)15)12(2)16-5-6-17-12/h3-4H,5-6H2,1-2H3,(H,14,15). The van der Waals surface area contributed by atoms with Gasteiger partial charge in [-0.1, -0.05) is 17.7 Å². The number of hydrogen-bond donors (Lipinski definition) is 1. The summed E-state index contributed by atoms with van der Waals surface area (Å²) in [7, 11) is 0. The molecule has 1 aliphatic heterocycles. The van der Waals surface area contributed by atoms with Crippen LogP contribution in [0.5, 0.6) is 0 Å². The smallest absolute Gasteiger partial charge is 0.336 e. The normalized spacial score (nSPS) is 18.3. The number of hydrogen-bond acceptors (Lipinski definition) is 3. The van der Waals surface area contributed by atoms with E-state index >= 15 is 0 Å². The first-order valence-corrected chi connectivity index (χ1v) is 5.64. The van der Waals surface area contributed by atoms with Crippen molar-refractivity contribution in [3.05, 3.63) is 33.8 Å². The Morgan fingerprint density at radius 1 is 1.41 bits per heavy atom. The number of benzene rings is 1. The van der Waals surface area contributed by atoms with Gasteiger partial charge in [0.05, 0.1) is 18.8 Å². The highest BCUT2D eigenvalue weighted by atomic mass is 35.5. The lowest BCUT2D eigenvalue weighted by Crippen LogP contribution is -2.26. The van der Waals surface area contributed by atoms with Crippen LogP contribution in [0.15, 0.2) is 12.1 Å². The summed E-state index contributed by atoms with van der Waals surface area (Å²) >= 11 is 5.94. The van der Waals surface area contributed by atoms with E-state index < -0.39 is 11.8 Å². The summed E-state index contributed by atoms with van der Waals surface area (Å²) in [5.41, 5.74) is 1.18. The number of aromatic carboxylic acids is 1. The molecule has 1 aliphatic rings. The van der Waals surface area contributed by atoms with E-state index in [1.165, 1.54) is 0 Å². The van der Waals surface area contributed by atoms with Crippen molar-refractivity contribution in [2.24, 2.45) is 0 Å². The molecular weight excluding hydrogens is 244 g/mol. The number of rotatable bonds is 2. The van der Waals surface area contributed by atoms with Gasteiger partial charge in [-0.25, -0.2) is 4.79 Å². The Balaban J connectivity index is 2.61. The first-order chi connectivity index (χ1) is 7.96. The summed E-state index contributed by atoms with van der Waals surface area (Å²) in [4.78, 5) is 11.3. The van der Waals surface area contributed by atoms with Crippen LogP contribution >= 0.6 is 11.6 Å². The highest BCUT2D eigenvalue weighted by Gasteiger charge is 2.37. The van der Waals surface area contributed by atoms with E-state index in [0.717, 1.165) is 0 Å². The monoisotopic (exact) mass is 256 g/mol. The Bertz CT molecular complexity index is 464. The molecule has 1 aromatic rings. The lowest BCUT2D eigenvalue weighted by atomic mass is 9.96. The van der Waals surface area contributed by atoms with Crippen LogP contribution in [0.1, 0.15) is 28.4 Å². The van der Waals surface area contributed by atoms with Crippen LogP contribution < -0.4 is 0 Å². The Morgan fingerprint density at radius 3 is 2.53 bits per heavy atom. The van der Waals surface area contributed by atoms with Gasteiger partial charge >= 0.3 is 5.97 Å². The van der Waals surface area contributed by atoms with Gasteiger partial charge in [0, 0.05) is 10.6 Å². The molecule has 1 heterocycles. The largest absolute Gasteiger partial charge is 0.478 e. The van der Waals surface area contributed by atoms with Crippen LogP contribution in [-0.4, -0.2) is 24.3 Å². The van der Waals surface area contributed by atoms with Crippen LogP contribution in [0.2, 0.25) is 5.02 Å². The van der Waals surface area contributed by atoms with Crippen molar-refractivity contribution in [1.82, 2.24) is 0 Å². The van der Waals surface area contributed by atoms with Gasteiger partial charge in [0.1, 0.15) is 0 Å². The van der Waals surface area contributed by atoms with Crippen molar-refractivity contribution in [1.29, 1.82) is 0 Å². The van der Waals surface area contributed by atoms with Crippen LogP contribution in [0.25, 0.3) is 0 Å². The van der Waals surface area contributed by atoms with Gasteiger partial charge in [-0.3, -0.25) is 0 Å². The van der Waals surface area contributed by atoms with E-state index in [1.54, 1.807) is 26.0 Å². The second-order valence-corrected chi connectivity index (χ2v) is 4.45. The van der Waals surface area contributed by atoms with Gasteiger partial charge in [0.15, 0.2) is 5.79 Å². The van der Waals surface area contributed by atoms with E-state index in [-0.39, 0.29) is 5.56 Å². The molecule has 17 heavy (non-hydrogen) atoms. The first kappa shape index (κ1) is 12.4. The van der Waals surface area contributed by atoms with Crippen LogP contribution in [0.4, 0.5) is 0 Å². The number of carboxylic acid groups (broad SMARTS) is 1. The maximum Gasteiger partial charge on any atom is 0.336 e. The zero-order valence-corrected chi connectivity index (χ0v) is 10.4. The molecule has 0 amide bonds. The summed E-state index contributed by atoms with van der Waals surface area (Å²) in [5, 5.41) is 9.70. The zero-order chi connectivity index (χ0) is 12.6. The SMILES string of the molecule is Cc1c(Cl)ccc(C2(C)OCCO2)c1C(=O)O. The average molecular weight is 257 g/mol. The minimum atomic E-state index is -1.03. The van der Waals surface area contributed by atoms with Gasteiger partial charge in [0.25, 0.3) is 0 Å². The Morgan fingerprint density at radius 2 is 2.00 bits per heavy atom. The molecular formula is C12H13ClO4. The molecule has 0 saturated carbocycles. The van der Waals surface area contributed by atoms with Crippen LogP contribution in [-0.2, 0) is 15.3 Å². The molecule has 0 aliphatic carbocycles. The summed E-state index contributed by atoms with van der Waals surface area (Å²) < 4.78 is 11.0. The molecule has 5 heteroatoms. The third-order valence-corrected chi connectivity index (χ3v) is 3.35. The number of carbonyl (C=O) groups is 1. The predicted molar refractivity (Wildman–Crippen MR) is 62.4 cm³/mol. The lowest BCUT2D eigenvalue weighted by molar-refractivity contribution is -0.150. The number of carboxylic acids is 1. The van der Waals surface area contributed by atoms with E-state index in [9.17, 15) is 9.90 Å². The third-order valence-electron chi connectivity index (χ3n) is 2.94. The quantitative estimate of drug-likeness (QED) is 0.884. The van der Waals surface area contributed by atoms with Crippen molar-refractivity contribution in [3.8, 4) is 0 Å². The summed E-state index contributed by atoms with van der Waals surface area (Å²) in [6.45, 7) is 4.30. The molecule has 1 aromatic carbocycles. The first-order valence-electron chi connectivity index (χ1n) is 5.26. The molecule has 0 aromatic heterocycles. The predicted octanol–water partition coefficient (Wildman–Crippen LogP) is 2.57. The molecule has 1 fully saturated rings. The molecule has 92 valence electrons. The lowest BCUT2D eigenvalue weighted by Gasteiger charge is -2.25. The third kappa shape index (κ3) is 2.04. The minimum Gasteiger partial charge on any atom is -0.478 e. The molecule has 0 unspecified atom stereocenters. The van der Waals surface area contributed by atoms with Crippen molar-refractivity contribution in [3.63, 3.8) is 0 Å². The number of halogens is 1. The fourth-order valence-corrected chi connectivity index (χ4v) is 2.17. The molecule has 1 saturated heterocycles. The van der Waals surface area contributed by atoms with Crippen molar-refractivity contribution < 1.29 is 19.4 Å². The summed E-state index contributed by atoms with van der Waals surface area (Å²) in [5.74, 6) is -2.02. The van der Waals surface area contributed by atoms with Gasteiger partial charge in [-0.05, 0) is 25.5 Å². The van der Waals surface area contributed by atoms with E-state index in [1.807, 2.05) is 0 Å². The van der Waals surface area contributed by atoms with Crippen molar-refractivity contribution >= 4 is 17.6 Å². The summed E-state index contributed by atoms with van der Waals surface area (Å²) in [6.07, 6.45) is 0. The highest BCUT2D eigenvalue weighted by molar-refractivity contribution is 6.31. The van der Waals surface area contributed by atoms with Gasteiger partial charge in [-0.2, -0.15) is 0 Å². The Hall–Kier alpha value is -1.10. The maximum atomic E-state index is 11.3. The van der Waals surface area contributed by atoms with Crippen molar-refractivity contribution in [2.75, 3.05) is 13.2 Å². The van der Waals surface area contributed by atoms with Crippen molar-refractivity contribution in [2.45, 2.75) is 19.6 Å². The maximum absolute atomic E-state index is 11.3. The van der Waals surface area contributed by atoms with Gasteiger partial charge < -0.3 is 14.6 Å². The fourth-order valence-electron chi connectivity index (χ4n) is 2.01. The van der Waals surface area contributed by atoms with E-state index in [2.05, 4.69) is 0 Å². The Kier molecular flexibility index (Phi) is 3.12. The molecule has 0 spiro atoms. The second-order valence-electron chi connectivity index (χ2n) is 4.04. The second kappa shape index (κ2) is 4.29. The fraction of sp³-hybridized carbons (Fsp3) is 0.417. The topological polar surface area (TPSA) is 55.8 Å². The molecule has 2 rings (SSSR count). The zero-order valence-electron chi connectivity index (χ0n) is 9.62. The highest BCUT2D eigenvalue weighted by Crippen LogP contribution is 2.36.